The molecule has 23 heavy (non-hydrogen) atoms. The molecule has 4 nitrogen and oxygen atoms in total. The monoisotopic (exact) mass is 327 g/mol. The fraction of sp³-hybridized carbons (Fsp3) is 0.444. The lowest BCUT2D eigenvalue weighted by atomic mass is 9.85. The van der Waals surface area contributed by atoms with Gasteiger partial charge < -0.3 is 9.88 Å². The molecule has 0 unspecified atom stereocenters. The third-order valence-electron chi connectivity index (χ3n) is 5.10. The minimum Gasteiger partial charge on any atom is -0.348 e. The summed E-state index contributed by atoms with van der Waals surface area (Å²) in [6.45, 7) is 0.809. The Labute approximate surface area is 140 Å². The Kier molecular flexibility index (Phi) is 3.89. The average molecular weight is 327 g/mol. The molecule has 2 aromatic rings. The van der Waals surface area contributed by atoms with Crippen LogP contribution in [0.25, 0.3) is 0 Å². The van der Waals surface area contributed by atoms with Crippen LogP contribution in [0.1, 0.15) is 37.1 Å². The number of nitrogens with zero attached hydrogens (tertiary/aromatic N) is 2. The first-order valence-electron chi connectivity index (χ1n) is 8.31. The summed E-state index contributed by atoms with van der Waals surface area (Å²) in [4.78, 5) is 24.1. The van der Waals surface area contributed by atoms with Crippen LogP contribution in [0, 0.1) is 0 Å². The SMILES string of the molecule is O=C(CSc1ccccc1)N1CCc2[nH]cnc2C12CCCC2. The van der Waals surface area contributed by atoms with E-state index in [2.05, 4.69) is 27.0 Å². The molecule has 1 aromatic heterocycles. The highest BCUT2D eigenvalue weighted by atomic mass is 32.2. The van der Waals surface area contributed by atoms with Gasteiger partial charge in [-0.2, -0.15) is 0 Å². The summed E-state index contributed by atoms with van der Waals surface area (Å²) < 4.78 is 0. The summed E-state index contributed by atoms with van der Waals surface area (Å²) in [5, 5.41) is 0. The number of H-pyrrole nitrogens is 1. The number of hydrogen-bond donors (Lipinski definition) is 1. The number of benzene rings is 1. The molecule has 1 aromatic carbocycles. The Morgan fingerprint density at radius 2 is 2.04 bits per heavy atom. The van der Waals surface area contributed by atoms with Gasteiger partial charge in [0, 0.05) is 23.6 Å². The number of hydrogen-bond acceptors (Lipinski definition) is 3. The van der Waals surface area contributed by atoms with E-state index >= 15 is 0 Å². The molecule has 0 atom stereocenters. The number of aromatic amines is 1. The van der Waals surface area contributed by atoms with E-state index in [0.29, 0.717) is 5.75 Å². The van der Waals surface area contributed by atoms with Gasteiger partial charge in [-0.25, -0.2) is 4.98 Å². The van der Waals surface area contributed by atoms with Crippen molar-refractivity contribution in [2.75, 3.05) is 12.3 Å². The standard InChI is InChI=1S/C18H21N3OS/c22-16(12-23-14-6-2-1-3-7-14)21-11-8-15-17(20-13-19-15)18(21)9-4-5-10-18/h1-3,6-7,13H,4-5,8-12H2,(H,19,20). The molecular weight excluding hydrogens is 306 g/mol. The first kappa shape index (κ1) is 14.8. The van der Waals surface area contributed by atoms with E-state index in [1.54, 1.807) is 18.1 Å². The van der Waals surface area contributed by atoms with Crippen LogP contribution in [0.3, 0.4) is 0 Å². The van der Waals surface area contributed by atoms with Crippen molar-refractivity contribution in [3.8, 4) is 0 Å². The molecule has 2 aliphatic rings. The Balaban J connectivity index is 1.54. The second-order valence-electron chi connectivity index (χ2n) is 6.37. The van der Waals surface area contributed by atoms with Gasteiger partial charge in [-0.1, -0.05) is 31.0 Å². The zero-order chi connectivity index (χ0) is 15.7. The molecule has 0 bridgehead atoms. The summed E-state index contributed by atoms with van der Waals surface area (Å²) >= 11 is 1.63. The maximum Gasteiger partial charge on any atom is 0.233 e. The maximum absolute atomic E-state index is 12.9. The average Bonchev–Trinajstić information content (AvgIpc) is 3.24. The Morgan fingerprint density at radius 1 is 1.26 bits per heavy atom. The third-order valence-corrected chi connectivity index (χ3v) is 6.10. The van der Waals surface area contributed by atoms with Crippen molar-refractivity contribution >= 4 is 17.7 Å². The van der Waals surface area contributed by atoms with Gasteiger partial charge in [0.15, 0.2) is 0 Å². The molecule has 4 rings (SSSR count). The summed E-state index contributed by atoms with van der Waals surface area (Å²) in [5.41, 5.74) is 2.20. The van der Waals surface area contributed by atoms with E-state index in [-0.39, 0.29) is 11.4 Å². The van der Waals surface area contributed by atoms with Crippen LogP contribution in [0.2, 0.25) is 0 Å². The maximum atomic E-state index is 12.9. The fourth-order valence-electron chi connectivity index (χ4n) is 4.05. The second kappa shape index (κ2) is 6.04. The normalized spacial score (nSPS) is 19.0. The first-order valence-corrected chi connectivity index (χ1v) is 9.29. The molecule has 1 amide bonds. The topological polar surface area (TPSA) is 49.0 Å². The summed E-state index contributed by atoms with van der Waals surface area (Å²) in [7, 11) is 0. The third kappa shape index (κ3) is 2.57. The van der Waals surface area contributed by atoms with Gasteiger partial charge in [-0.3, -0.25) is 4.79 Å². The van der Waals surface area contributed by atoms with E-state index < -0.39 is 0 Å². The van der Waals surface area contributed by atoms with Crippen molar-refractivity contribution < 1.29 is 4.79 Å². The van der Waals surface area contributed by atoms with Crippen molar-refractivity contribution in [1.29, 1.82) is 0 Å². The zero-order valence-electron chi connectivity index (χ0n) is 13.1. The molecule has 1 saturated carbocycles. The summed E-state index contributed by atoms with van der Waals surface area (Å²) in [5.74, 6) is 0.750. The molecule has 1 aliphatic carbocycles. The van der Waals surface area contributed by atoms with Gasteiger partial charge in [-0.05, 0) is 25.0 Å². The molecule has 120 valence electrons. The van der Waals surface area contributed by atoms with Crippen LogP contribution in [0.5, 0.6) is 0 Å². The van der Waals surface area contributed by atoms with Gasteiger partial charge in [0.05, 0.1) is 23.3 Å². The number of carbonyl (C=O) groups is 1. The largest absolute Gasteiger partial charge is 0.348 e. The number of fused-ring (bicyclic) bond motifs is 2. The number of thioether (sulfide) groups is 1. The van der Waals surface area contributed by atoms with Crippen LogP contribution in [0.15, 0.2) is 41.6 Å². The minimum absolute atomic E-state index is 0.151. The van der Waals surface area contributed by atoms with E-state index in [0.717, 1.165) is 36.4 Å². The molecule has 1 spiro atoms. The second-order valence-corrected chi connectivity index (χ2v) is 7.41. The van der Waals surface area contributed by atoms with E-state index in [1.165, 1.54) is 18.5 Å². The first-order chi connectivity index (χ1) is 11.3. The van der Waals surface area contributed by atoms with E-state index in [4.69, 9.17) is 0 Å². The number of imidazole rings is 1. The van der Waals surface area contributed by atoms with Gasteiger partial charge >= 0.3 is 0 Å². The summed E-state index contributed by atoms with van der Waals surface area (Å²) in [6, 6.07) is 10.2. The van der Waals surface area contributed by atoms with Gasteiger partial charge in [0.2, 0.25) is 5.91 Å². The molecule has 2 heterocycles. The fourth-order valence-corrected chi connectivity index (χ4v) is 4.84. The van der Waals surface area contributed by atoms with Gasteiger partial charge in [-0.15, -0.1) is 11.8 Å². The smallest absolute Gasteiger partial charge is 0.233 e. The van der Waals surface area contributed by atoms with Crippen molar-refractivity contribution in [3.63, 3.8) is 0 Å². The van der Waals surface area contributed by atoms with Crippen LogP contribution < -0.4 is 0 Å². The number of rotatable bonds is 3. The summed E-state index contributed by atoms with van der Waals surface area (Å²) in [6.07, 6.45) is 7.14. The Morgan fingerprint density at radius 3 is 2.83 bits per heavy atom. The quantitative estimate of drug-likeness (QED) is 0.880. The molecule has 1 fully saturated rings. The molecule has 5 heteroatoms. The molecular formula is C18H21N3OS. The number of aromatic nitrogens is 2. The van der Waals surface area contributed by atoms with Crippen molar-refractivity contribution in [3.05, 3.63) is 48.0 Å². The van der Waals surface area contributed by atoms with Crippen LogP contribution in [-0.4, -0.2) is 33.1 Å². The van der Waals surface area contributed by atoms with Crippen molar-refractivity contribution in [2.45, 2.75) is 42.5 Å². The van der Waals surface area contributed by atoms with E-state index in [1.807, 2.05) is 18.2 Å². The Hall–Kier alpha value is -1.75. The zero-order valence-corrected chi connectivity index (χ0v) is 13.9. The van der Waals surface area contributed by atoms with Crippen molar-refractivity contribution in [2.24, 2.45) is 0 Å². The van der Waals surface area contributed by atoms with Gasteiger partial charge in [0.25, 0.3) is 0 Å². The number of carbonyl (C=O) groups excluding carboxylic acids is 1. The van der Waals surface area contributed by atoms with E-state index in [9.17, 15) is 4.79 Å². The Bertz CT molecular complexity index is 691. The van der Waals surface area contributed by atoms with Crippen LogP contribution in [0.4, 0.5) is 0 Å². The molecule has 1 aliphatic heterocycles. The molecule has 0 saturated heterocycles. The lowest BCUT2D eigenvalue weighted by Crippen LogP contribution is -2.52. The predicted octanol–water partition coefficient (Wildman–Crippen LogP) is 3.36. The highest BCUT2D eigenvalue weighted by Crippen LogP contribution is 2.46. The van der Waals surface area contributed by atoms with Crippen LogP contribution in [-0.2, 0) is 16.8 Å². The van der Waals surface area contributed by atoms with Crippen molar-refractivity contribution in [1.82, 2.24) is 14.9 Å². The van der Waals surface area contributed by atoms with Gasteiger partial charge in [0.1, 0.15) is 0 Å². The predicted molar refractivity (Wildman–Crippen MR) is 91.3 cm³/mol. The minimum atomic E-state index is -0.151. The molecule has 1 N–H and O–H groups in total. The number of nitrogens with one attached hydrogen (secondary N) is 1. The lowest BCUT2D eigenvalue weighted by molar-refractivity contribution is -0.136. The molecule has 0 radical (unpaired) electrons. The lowest BCUT2D eigenvalue weighted by Gasteiger charge is -2.44. The number of amides is 1. The highest BCUT2D eigenvalue weighted by Gasteiger charge is 2.48. The highest BCUT2D eigenvalue weighted by molar-refractivity contribution is 8.00. The van der Waals surface area contributed by atoms with Crippen LogP contribution >= 0.6 is 11.8 Å².